The van der Waals surface area contributed by atoms with E-state index < -0.39 is 0 Å². The van der Waals surface area contributed by atoms with E-state index in [1.54, 1.807) is 0 Å². The molecule has 0 aliphatic carbocycles. The third-order valence-electron chi connectivity index (χ3n) is 5.15. The molecule has 0 radical (unpaired) electrons. The van der Waals surface area contributed by atoms with Crippen LogP contribution in [0, 0.1) is 5.92 Å². The van der Waals surface area contributed by atoms with Gasteiger partial charge in [0.25, 0.3) is 0 Å². The maximum absolute atomic E-state index is 3.74. The Hall–Kier alpha value is -0.860. The van der Waals surface area contributed by atoms with Crippen molar-refractivity contribution < 1.29 is 0 Å². The Labute approximate surface area is 117 Å². The molecule has 3 rings (SSSR count). The van der Waals surface area contributed by atoms with Gasteiger partial charge in [-0.3, -0.25) is 4.90 Å². The minimum Gasteiger partial charge on any atom is -0.314 e. The van der Waals surface area contributed by atoms with Crippen LogP contribution in [0.1, 0.15) is 38.7 Å². The van der Waals surface area contributed by atoms with Crippen LogP contribution in [-0.2, 0) is 6.54 Å². The van der Waals surface area contributed by atoms with Crippen LogP contribution in [-0.4, -0.2) is 29.6 Å². The average Bonchev–Trinajstić information content (AvgIpc) is 2.45. The first-order valence-electron chi connectivity index (χ1n) is 7.79. The number of hydrogen-bond acceptors (Lipinski definition) is 2. The molecule has 19 heavy (non-hydrogen) atoms. The first-order chi connectivity index (χ1) is 9.25. The summed E-state index contributed by atoms with van der Waals surface area (Å²) in [5, 5.41) is 3.74. The summed E-state index contributed by atoms with van der Waals surface area (Å²) >= 11 is 0. The fourth-order valence-electron chi connectivity index (χ4n) is 4.06. The van der Waals surface area contributed by atoms with E-state index in [0.717, 1.165) is 18.5 Å². The fraction of sp³-hybridized carbons (Fsp3) is 0.647. The number of likely N-dealkylation sites (tertiary alicyclic amines) is 1. The van der Waals surface area contributed by atoms with Gasteiger partial charge in [-0.2, -0.15) is 0 Å². The standard InChI is InChI=1S/C17H26N2/c1-13-11-17-16(9-6-10-18-17)14(2)19(13)12-15-7-4-3-5-8-15/h3-5,7-8,13-14,16-18H,6,9-12H2,1-2H3. The van der Waals surface area contributed by atoms with Crippen molar-refractivity contribution in [2.75, 3.05) is 6.54 Å². The van der Waals surface area contributed by atoms with Gasteiger partial charge in [0.15, 0.2) is 0 Å². The largest absolute Gasteiger partial charge is 0.314 e. The Bertz CT molecular complexity index is 403. The molecule has 2 saturated heterocycles. The van der Waals surface area contributed by atoms with Gasteiger partial charge in [-0.15, -0.1) is 0 Å². The van der Waals surface area contributed by atoms with Crippen molar-refractivity contribution >= 4 is 0 Å². The lowest BCUT2D eigenvalue weighted by atomic mass is 9.77. The van der Waals surface area contributed by atoms with Crippen molar-refractivity contribution in [3.05, 3.63) is 35.9 Å². The Morgan fingerprint density at radius 1 is 1.21 bits per heavy atom. The fourth-order valence-corrected chi connectivity index (χ4v) is 4.06. The molecule has 2 aliphatic rings. The van der Waals surface area contributed by atoms with Crippen molar-refractivity contribution in [1.82, 2.24) is 10.2 Å². The third kappa shape index (κ3) is 2.70. The van der Waals surface area contributed by atoms with Gasteiger partial charge >= 0.3 is 0 Å². The molecule has 0 bridgehead atoms. The first kappa shape index (κ1) is 13.1. The molecule has 2 nitrogen and oxygen atoms in total. The van der Waals surface area contributed by atoms with Crippen LogP contribution in [0.3, 0.4) is 0 Å². The molecule has 2 heterocycles. The summed E-state index contributed by atoms with van der Waals surface area (Å²) in [6, 6.07) is 13.1. The predicted octanol–water partition coefficient (Wildman–Crippen LogP) is 3.04. The molecule has 2 fully saturated rings. The molecule has 2 aliphatic heterocycles. The van der Waals surface area contributed by atoms with E-state index in [1.165, 1.54) is 31.4 Å². The lowest BCUT2D eigenvalue weighted by molar-refractivity contribution is 0.0121. The SMILES string of the molecule is CC1CC2NCCCC2C(C)N1Cc1ccccc1. The van der Waals surface area contributed by atoms with Crippen LogP contribution in [0.2, 0.25) is 0 Å². The van der Waals surface area contributed by atoms with Gasteiger partial charge in [0.2, 0.25) is 0 Å². The van der Waals surface area contributed by atoms with E-state index in [-0.39, 0.29) is 0 Å². The van der Waals surface area contributed by atoms with Gasteiger partial charge in [-0.25, -0.2) is 0 Å². The summed E-state index contributed by atoms with van der Waals surface area (Å²) in [4.78, 5) is 2.71. The number of piperidine rings is 2. The van der Waals surface area contributed by atoms with E-state index in [1.807, 2.05) is 0 Å². The zero-order valence-electron chi connectivity index (χ0n) is 12.2. The van der Waals surface area contributed by atoms with E-state index in [9.17, 15) is 0 Å². The molecule has 4 atom stereocenters. The van der Waals surface area contributed by atoms with Gasteiger partial charge in [0, 0.05) is 24.7 Å². The number of benzene rings is 1. The van der Waals surface area contributed by atoms with Crippen LogP contribution in [0.15, 0.2) is 30.3 Å². The zero-order chi connectivity index (χ0) is 13.2. The maximum Gasteiger partial charge on any atom is 0.0239 e. The molecule has 1 aromatic carbocycles. The third-order valence-corrected chi connectivity index (χ3v) is 5.15. The lowest BCUT2D eigenvalue weighted by Crippen LogP contribution is -2.59. The topological polar surface area (TPSA) is 15.3 Å². The molecule has 104 valence electrons. The van der Waals surface area contributed by atoms with Crippen LogP contribution in [0.5, 0.6) is 0 Å². The van der Waals surface area contributed by atoms with E-state index in [4.69, 9.17) is 0 Å². The quantitative estimate of drug-likeness (QED) is 0.877. The second-order valence-electron chi connectivity index (χ2n) is 6.35. The molecule has 0 amide bonds. The molecule has 1 aromatic rings. The molecule has 1 N–H and O–H groups in total. The van der Waals surface area contributed by atoms with E-state index in [2.05, 4.69) is 54.4 Å². The normalized spacial score (nSPS) is 35.9. The van der Waals surface area contributed by atoms with E-state index in [0.29, 0.717) is 12.1 Å². The predicted molar refractivity (Wildman–Crippen MR) is 80.0 cm³/mol. The van der Waals surface area contributed by atoms with Crippen molar-refractivity contribution in [2.24, 2.45) is 5.92 Å². The van der Waals surface area contributed by atoms with Crippen molar-refractivity contribution in [3.63, 3.8) is 0 Å². The highest BCUT2D eigenvalue weighted by molar-refractivity contribution is 5.15. The summed E-state index contributed by atoms with van der Waals surface area (Å²) in [7, 11) is 0. The summed E-state index contributed by atoms with van der Waals surface area (Å²) in [6.45, 7) is 7.15. The first-order valence-corrected chi connectivity index (χ1v) is 7.79. The maximum atomic E-state index is 3.74. The minimum absolute atomic E-state index is 0.682. The van der Waals surface area contributed by atoms with Gasteiger partial charge in [-0.1, -0.05) is 30.3 Å². The Balaban J connectivity index is 1.73. The Morgan fingerprint density at radius 3 is 2.79 bits per heavy atom. The van der Waals surface area contributed by atoms with Crippen LogP contribution >= 0.6 is 0 Å². The Kier molecular flexibility index (Phi) is 3.90. The molecular formula is C17H26N2. The summed E-state index contributed by atoms with van der Waals surface area (Å²) < 4.78 is 0. The van der Waals surface area contributed by atoms with Crippen LogP contribution in [0.4, 0.5) is 0 Å². The van der Waals surface area contributed by atoms with Gasteiger partial charge in [0.1, 0.15) is 0 Å². The highest BCUT2D eigenvalue weighted by atomic mass is 15.2. The number of rotatable bonds is 2. The average molecular weight is 258 g/mol. The summed E-state index contributed by atoms with van der Waals surface area (Å²) in [6.07, 6.45) is 4.05. The van der Waals surface area contributed by atoms with Gasteiger partial charge < -0.3 is 5.32 Å². The van der Waals surface area contributed by atoms with Crippen LogP contribution in [0.25, 0.3) is 0 Å². The second-order valence-corrected chi connectivity index (χ2v) is 6.35. The summed E-state index contributed by atoms with van der Waals surface area (Å²) in [5.41, 5.74) is 1.45. The molecule has 2 heteroatoms. The number of fused-ring (bicyclic) bond motifs is 1. The molecule has 4 unspecified atom stereocenters. The highest BCUT2D eigenvalue weighted by Crippen LogP contribution is 2.34. The number of nitrogens with zero attached hydrogens (tertiary/aromatic N) is 1. The van der Waals surface area contributed by atoms with Gasteiger partial charge in [0.05, 0.1) is 0 Å². The molecule has 0 spiro atoms. The molecule has 0 saturated carbocycles. The monoisotopic (exact) mass is 258 g/mol. The van der Waals surface area contributed by atoms with Crippen molar-refractivity contribution in [1.29, 1.82) is 0 Å². The Morgan fingerprint density at radius 2 is 2.00 bits per heavy atom. The summed E-state index contributed by atoms with van der Waals surface area (Å²) in [5.74, 6) is 0.841. The smallest absolute Gasteiger partial charge is 0.0239 e. The zero-order valence-corrected chi connectivity index (χ0v) is 12.2. The molecule has 0 aromatic heterocycles. The van der Waals surface area contributed by atoms with E-state index >= 15 is 0 Å². The molecular weight excluding hydrogens is 232 g/mol. The number of hydrogen-bond donors (Lipinski definition) is 1. The van der Waals surface area contributed by atoms with Crippen molar-refractivity contribution in [3.8, 4) is 0 Å². The van der Waals surface area contributed by atoms with Crippen LogP contribution < -0.4 is 5.32 Å². The minimum atomic E-state index is 0.682. The van der Waals surface area contributed by atoms with Gasteiger partial charge in [-0.05, 0) is 51.1 Å². The second kappa shape index (κ2) is 5.64. The lowest BCUT2D eigenvalue weighted by Gasteiger charge is -2.50. The van der Waals surface area contributed by atoms with Crippen molar-refractivity contribution in [2.45, 2.75) is 57.8 Å². The highest BCUT2D eigenvalue weighted by Gasteiger charge is 2.39. The number of nitrogens with one attached hydrogen (secondary N) is 1.